The molecule has 0 bridgehead atoms. The molecule has 2 aromatic rings. The minimum atomic E-state index is 0.539. The molecule has 0 aliphatic heterocycles. The van der Waals surface area contributed by atoms with E-state index in [0.29, 0.717) is 11.3 Å². The normalized spacial score (nSPS) is 9.87. The van der Waals surface area contributed by atoms with E-state index in [1.807, 2.05) is 22.9 Å². The third-order valence-corrected chi connectivity index (χ3v) is 2.53. The second kappa shape index (κ2) is 4.20. The first-order valence-corrected chi connectivity index (χ1v) is 5.11. The maximum atomic E-state index is 8.96. The van der Waals surface area contributed by atoms with E-state index < -0.39 is 0 Å². The number of benzene rings is 1. The number of rotatable bonds is 2. The number of hydrogen-bond acceptors (Lipinski definition) is 3. The number of thiol groups is 1. The van der Waals surface area contributed by atoms with Crippen LogP contribution in [0.2, 0.25) is 0 Å². The van der Waals surface area contributed by atoms with E-state index in [-0.39, 0.29) is 0 Å². The molecule has 3 nitrogen and oxygen atoms in total. The Morgan fingerprint density at radius 2 is 2.33 bits per heavy atom. The Balaban J connectivity index is 2.63. The van der Waals surface area contributed by atoms with Crippen molar-refractivity contribution in [1.29, 1.82) is 5.26 Å². The molecule has 0 N–H and O–H groups in total. The SMILES string of the molecule is N#Cc1cccc(-n2ccnc2)c1CS. The predicted octanol–water partition coefficient (Wildman–Crippen LogP) is 2.17. The van der Waals surface area contributed by atoms with E-state index in [1.54, 1.807) is 18.6 Å². The van der Waals surface area contributed by atoms with Crippen LogP contribution in [-0.4, -0.2) is 9.55 Å². The van der Waals surface area contributed by atoms with Crippen LogP contribution in [0.1, 0.15) is 11.1 Å². The lowest BCUT2D eigenvalue weighted by Crippen LogP contribution is -1.98. The topological polar surface area (TPSA) is 41.6 Å². The number of imidazole rings is 1. The van der Waals surface area contributed by atoms with Crippen LogP contribution in [0.25, 0.3) is 5.69 Å². The lowest BCUT2D eigenvalue weighted by atomic mass is 10.1. The van der Waals surface area contributed by atoms with Crippen LogP contribution in [0.3, 0.4) is 0 Å². The Bertz CT molecular complexity index is 497. The highest BCUT2D eigenvalue weighted by Crippen LogP contribution is 2.20. The summed E-state index contributed by atoms with van der Waals surface area (Å²) < 4.78 is 1.88. The third kappa shape index (κ3) is 1.74. The van der Waals surface area contributed by atoms with Gasteiger partial charge in [-0.05, 0) is 12.1 Å². The summed E-state index contributed by atoms with van der Waals surface area (Å²) >= 11 is 4.25. The van der Waals surface area contributed by atoms with Gasteiger partial charge in [0, 0.05) is 23.7 Å². The average molecular weight is 215 g/mol. The molecule has 0 unspecified atom stereocenters. The zero-order chi connectivity index (χ0) is 10.7. The molecule has 2 rings (SSSR count). The third-order valence-electron chi connectivity index (χ3n) is 2.21. The zero-order valence-corrected chi connectivity index (χ0v) is 8.85. The van der Waals surface area contributed by atoms with E-state index >= 15 is 0 Å². The van der Waals surface area contributed by atoms with Crippen molar-refractivity contribution in [2.45, 2.75) is 5.75 Å². The summed E-state index contributed by atoms with van der Waals surface area (Å²) in [5.74, 6) is 0.539. The van der Waals surface area contributed by atoms with Crippen LogP contribution >= 0.6 is 12.6 Å². The van der Waals surface area contributed by atoms with Gasteiger partial charge in [-0.3, -0.25) is 0 Å². The highest BCUT2D eigenvalue weighted by atomic mass is 32.1. The average Bonchev–Trinajstić information content (AvgIpc) is 2.81. The molecule has 1 heterocycles. The van der Waals surface area contributed by atoms with Gasteiger partial charge in [-0.2, -0.15) is 17.9 Å². The summed E-state index contributed by atoms with van der Waals surface area (Å²) in [5, 5.41) is 8.96. The van der Waals surface area contributed by atoms with Gasteiger partial charge in [-0.25, -0.2) is 4.98 Å². The molecule has 0 aliphatic rings. The summed E-state index contributed by atoms with van der Waals surface area (Å²) in [6.07, 6.45) is 5.27. The number of nitrogens with zero attached hydrogens (tertiary/aromatic N) is 3. The molecule has 0 saturated heterocycles. The highest BCUT2D eigenvalue weighted by Gasteiger charge is 2.07. The van der Waals surface area contributed by atoms with Crippen LogP contribution < -0.4 is 0 Å². The Morgan fingerprint density at radius 3 is 2.93 bits per heavy atom. The van der Waals surface area contributed by atoms with Crippen molar-refractivity contribution < 1.29 is 0 Å². The molecule has 0 aliphatic carbocycles. The van der Waals surface area contributed by atoms with Gasteiger partial charge in [0.25, 0.3) is 0 Å². The van der Waals surface area contributed by atoms with Crippen LogP contribution in [0.4, 0.5) is 0 Å². The van der Waals surface area contributed by atoms with Gasteiger partial charge >= 0.3 is 0 Å². The number of hydrogen-bond donors (Lipinski definition) is 1. The number of nitriles is 1. The van der Waals surface area contributed by atoms with Crippen molar-refractivity contribution in [2.24, 2.45) is 0 Å². The molecule has 0 atom stereocenters. The molecule has 74 valence electrons. The molecule has 1 aromatic carbocycles. The van der Waals surface area contributed by atoms with Gasteiger partial charge in [-0.1, -0.05) is 6.07 Å². The van der Waals surface area contributed by atoms with Gasteiger partial charge in [-0.15, -0.1) is 0 Å². The fourth-order valence-electron chi connectivity index (χ4n) is 1.49. The highest BCUT2D eigenvalue weighted by molar-refractivity contribution is 7.79. The molecule has 1 aromatic heterocycles. The molecule has 15 heavy (non-hydrogen) atoms. The standard InChI is InChI=1S/C11H9N3S/c12-6-9-2-1-3-11(10(9)7-15)14-5-4-13-8-14/h1-5,8,15H,7H2. The Hall–Kier alpha value is -1.73. The first-order chi connectivity index (χ1) is 7.36. The number of aromatic nitrogens is 2. The van der Waals surface area contributed by atoms with Crippen LogP contribution in [0.15, 0.2) is 36.9 Å². The monoisotopic (exact) mass is 215 g/mol. The van der Waals surface area contributed by atoms with E-state index in [1.165, 1.54) is 0 Å². The first kappa shape index (κ1) is 9.81. The molecule has 0 saturated carbocycles. The van der Waals surface area contributed by atoms with Gasteiger partial charge in [0.1, 0.15) is 0 Å². The fourth-order valence-corrected chi connectivity index (χ4v) is 1.82. The molecular formula is C11H9N3S. The van der Waals surface area contributed by atoms with E-state index in [2.05, 4.69) is 23.7 Å². The molecule has 0 radical (unpaired) electrons. The molecule has 0 fully saturated rings. The van der Waals surface area contributed by atoms with Crippen molar-refractivity contribution >= 4 is 12.6 Å². The lowest BCUT2D eigenvalue weighted by molar-refractivity contribution is 1.03. The van der Waals surface area contributed by atoms with Crippen molar-refractivity contribution in [3.63, 3.8) is 0 Å². The summed E-state index contributed by atoms with van der Waals surface area (Å²) in [6.45, 7) is 0. The zero-order valence-electron chi connectivity index (χ0n) is 7.96. The van der Waals surface area contributed by atoms with Crippen LogP contribution in [0.5, 0.6) is 0 Å². The van der Waals surface area contributed by atoms with E-state index in [9.17, 15) is 0 Å². The van der Waals surface area contributed by atoms with Crippen molar-refractivity contribution in [3.05, 3.63) is 48.0 Å². The smallest absolute Gasteiger partial charge is 0.0995 e. The Morgan fingerprint density at radius 1 is 1.47 bits per heavy atom. The Kier molecular flexibility index (Phi) is 2.75. The first-order valence-electron chi connectivity index (χ1n) is 4.48. The lowest BCUT2D eigenvalue weighted by Gasteiger charge is -2.09. The van der Waals surface area contributed by atoms with Gasteiger partial charge in [0.15, 0.2) is 0 Å². The van der Waals surface area contributed by atoms with Gasteiger partial charge in [0.05, 0.1) is 23.6 Å². The molecular weight excluding hydrogens is 206 g/mol. The summed E-state index contributed by atoms with van der Waals surface area (Å²) in [5.41, 5.74) is 2.55. The molecule has 4 heteroatoms. The van der Waals surface area contributed by atoms with Gasteiger partial charge in [0.2, 0.25) is 0 Å². The summed E-state index contributed by atoms with van der Waals surface area (Å²) in [4.78, 5) is 3.98. The molecule has 0 spiro atoms. The minimum absolute atomic E-state index is 0.539. The quantitative estimate of drug-likeness (QED) is 0.780. The van der Waals surface area contributed by atoms with Crippen LogP contribution in [0, 0.1) is 11.3 Å². The second-order valence-corrected chi connectivity index (χ2v) is 3.36. The molecule has 0 amide bonds. The maximum absolute atomic E-state index is 8.96. The summed E-state index contributed by atoms with van der Waals surface area (Å²) in [6, 6.07) is 7.78. The van der Waals surface area contributed by atoms with Crippen molar-refractivity contribution in [3.8, 4) is 11.8 Å². The largest absolute Gasteiger partial charge is 0.306 e. The Labute approximate surface area is 93.4 Å². The minimum Gasteiger partial charge on any atom is -0.306 e. The van der Waals surface area contributed by atoms with E-state index in [0.717, 1.165) is 11.3 Å². The van der Waals surface area contributed by atoms with Crippen molar-refractivity contribution in [1.82, 2.24) is 9.55 Å². The fraction of sp³-hybridized carbons (Fsp3) is 0.0909. The van der Waals surface area contributed by atoms with Crippen LogP contribution in [-0.2, 0) is 5.75 Å². The second-order valence-electron chi connectivity index (χ2n) is 3.04. The predicted molar refractivity (Wildman–Crippen MR) is 61.0 cm³/mol. The van der Waals surface area contributed by atoms with Crippen molar-refractivity contribution in [2.75, 3.05) is 0 Å². The summed E-state index contributed by atoms with van der Waals surface area (Å²) in [7, 11) is 0. The maximum Gasteiger partial charge on any atom is 0.0995 e. The van der Waals surface area contributed by atoms with E-state index in [4.69, 9.17) is 5.26 Å². The van der Waals surface area contributed by atoms with Gasteiger partial charge < -0.3 is 4.57 Å².